The van der Waals surface area contributed by atoms with E-state index in [4.69, 9.17) is 40.2 Å². The molecular formula is C24H24Cl2N4O3S. The minimum atomic E-state index is -0.552. The Labute approximate surface area is 212 Å². The van der Waals surface area contributed by atoms with Gasteiger partial charge < -0.3 is 25.7 Å². The van der Waals surface area contributed by atoms with E-state index in [1.807, 2.05) is 19.1 Å². The predicted molar refractivity (Wildman–Crippen MR) is 141 cm³/mol. The molecule has 0 aliphatic carbocycles. The van der Waals surface area contributed by atoms with Gasteiger partial charge in [0.15, 0.2) is 5.11 Å². The molecule has 3 rings (SSSR count). The highest BCUT2D eigenvalue weighted by atomic mass is 35.5. The monoisotopic (exact) mass is 518 g/mol. The number of anilines is 1. The van der Waals surface area contributed by atoms with Gasteiger partial charge in [0.05, 0.1) is 11.6 Å². The SMILES string of the molecule is CCNC(=S)NCc1ccc(NC(=O)/C=C/c2c(C(=O)OCC)[nH]c3cc(Cl)cc(Cl)c23)cc1. The first-order valence-electron chi connectivity index (χ1n) is 10.6. The third kappa shape index (κ3) is 6.50. The largest absolute Gasteiger partial charge is 0.461 e. The number of benzene rings is 2. The highest BCUT2D eigenvalue weighted by Crippen LogP contribution is 2.33. The number of aromatic amines is 1. The number of rotatable bonds is 8. The van der Waals surface area contributed by atoms with Gasteiger partial charge in [-0.2, -0.15) is 0 Å². The van der Waals surface area contributed by atoms with Gasteiger partial charge in [-0.25, -0.2) is 4.79 Å². The normalized spacial score (nSPS) is 10.9. The fourth-order valence-corrected chi connectivity index (χ4v) is 4.07. The molecule has 1 amide bonds. The molecule has 7 nitrogen and oxygen atoms in total. The summed E-state index contributed by atoms with van der Waals surface area (Å²) in [4.78, 5) is 28.0. The Morgan fingerprint density at radius 2 is 1.85 bits per heavy atom. The number of aromatic nitrogens is 1. The number of carbonyl (C=O) groups excluding carboxylic acids is 2. The van der Waals surface area contributed by atoms with Gasteiger partial charge in [-0.1, -0.05) is 35.3 Å². The number of amides is 1. The van der Waals surface area contributed by atoms with E-state index < -0.39 is 5.97 Å². The molecule has 10 heteroatoms. The molecule has 0 bridgehead atoms. The third-order valence-corrected chi connectivity index (χ3v) is 5.55. The van der Waals surface area contributed by atoms with Crippen LogP contribution in [0.15, 0.2) is 42.5 Å². The molecule has 1 heterocycles. The van der Waals surface area contributed by atoms with Crippen molar-refractivity contribution in [3.05, 3.63) is 69.3 Å². The minimum Gasteiger partial charge on any atom is -0.461 e. The van der Waals surface area contributed by atoms with Crippen LogP contribution in [0.25, 0.3) is 17.0 Å². The maximum absolute atomic E-state index is 12.5. The summed E-state index contributed by atoms with van der Waals surface area (Å²) in [5.41, 5.74) is 2.85. The van der Waals surface area contributed by atoms with E-state index in [0.29, 0.717) is 43.9 Å². The van der Waals surface area contributed by atoms with Crippen LogP contribution in [-0.2, 0) is 16.1 Å². The molecule has 178 valence electrons. The molecule has 0 saturated carbocycles. The Morgan fingerprint density at radius 1 is 1.12 bits per heavy atom. The average Bonchev–Trinajstić information content (AvgIpc) is 3.16. The lowest BCUT2D eigenvalue weighted by atomic mass is 10.1. The Bertz CT molecular complexity index is 1240. The van der Waals surface area contributed by atoms with Crippen LogP contribution < -0.4 is 16.0 Å². The second-order valence-electron chi connectivity index (χ2n) is 7.18. The van der Waals surface area contributed by atoms with Gasteiger partial charge in [0.1, 0.15) is 5.69 Å². The van der Waals surface area contributed by atoms with Crippen molar-refractivity contribution in [3.63, 3.8) is 0 Å². The van der Waals surface area contributed by atoms with Gasteiger partial charge in [-0.3, -0.25) is 4.79 Å². The fourth-order valence-electron chi connectivity index (χ4n) is 3.26. The number of ether oxygens (including phenoxy) is 1. The lowest BCUT2D eigenvalue weighted by Gasteiger charge is -2.09. The second-order valence-corrected chi connectivity index (χ2v) is 8.43. The van der Waals surface area contributed by atoms with Crippen LogP contribution in [0.1, 0.15) is 35.5 Å². The molecule has 0 unspecified atom stereocenters. The topological polar surface area (TPSA) is 95.2 Å². The van der Waals surface area contributed by atoms with Crippen molar-refractivity contribution in [2.75, 3.05) is 18.5 Å². The standard InChI is InChI=1S/C24H24Cl2N4O3S/c1-3-27-24(34)28-13-14-5-7-16(8-6-14)29-20(31)10-9-17-21-18(26)11-15(25)12-19(21)30-22(17)23(32)33-4-2/h5-12,30H,3-4,13H2,1-2H3,(H,29,31)(H2,27,28,34)/b10-9+. The fraction of sp³-hybridized carbons (Fsp3) is 0.208. The zero-order valence-electron chi connectivity index (χ0n) is 18.6. The summed E-state index contributed by atoms with van der Waals surface area (Å²) in [6.45, 7) is 5.22. The van der Waals surface area contributed by atoms with Gasteiger partial charge in [0.2, 0.25) is 5.91 Å². The number of hydrogen-bond acceptors (Lipinski definition) is 4. The van der Waals surface area contributed by atoms with E-state index in [1.165, 1.54) is 12.2 Å². The van der Waals surface area contributed by atoms with E-state index in [1.54, 1.807) is 31.2 Å². The quantitative estimate of drug-likeness (QED) is 0.184. The summed E-state index contributed by atoms with van der Waals surface area (Å²) in [5.74, 6) is -0.919. The van der Waals surface area contributed by atoms with Crippen molar-refractivity contribution in [3.8, 4) is 0 Å². The predicted octanol–water partition coefficient (Wildman–Crippen LogP) is 5.29. The molecule has 0 aliphatic heterocycles. The highest BCUT2D eigenvalue weighted by molar-refractivity contribution is 7.80. The van der Waals surface area contributed by atoms with Gasteiger partial charge in [0, 0.05) is 46.3 Å². The molecule has 1 aromatic heterocycles. The highest BCUT2D eigenvalue weighted by Gasteiger charge is 2.20. The number of nitrogens with one attached hydrogen (secondary N) is 4. The molecular weight excluding hydrogens is 495 g/mol. The van der Waals surface area contributed by atoms with Gasteiger partial charge in [-0.15, -0.1) is 0 Å². The van der Waals surface area contributed by atoms with Gasteiger partial charge in [0.25, 0.3) is 0 Å². The maximum atomic E-state index is 12.5. The molecule has 3 aromatic rings. The molecule has 0 atom stereocenters. The molecule has 34 heavy (non-hydrogen) atoms. The van der Waals surface area contributed by atoms with E-state index in [2.05, 4.69) is 20.9 Å². The summed E-state index contributed by atoms with van der Waals surface area (Å²) in [6.07, 6.45) is 2.86. The summed E-state index contributed by atoms with van der Waals surface area (Å²) in [7, 11) is 0. The Hall–Kier alpha value is -3.07. The Balaban J connectivity index is 1.75. The maximum Gasteiger partial charge on any atom is 0.355 e. The summed E-state index contributed by atoms with van der Waals surface area (Å²) < 4.78 is 5.13. The van der Waals surface area contributed by atoms with Crippen molar-refractivity contribution in [2.45, 2.75) is 20.4 Å². The number of fused-ring (bicyclic) bond motifs is 1. The zero-order valence-corrected chi connectivity index (χ0v) is 21.0. The van der Waals surface area contributed by atoms with E-state index in [-0.39, 0.29) is 18.2 Å². The molecule has 0 radical (unpaired) electrons. The molecule has 0 spiro atoms. The Morgan fingerprint density at radius 3 is 2.53 bits per heavy atom. The smallest absolute Gasteiger partial charge is 0.355 e. The molecule has 0 saturated heterocycles. The van der Waals surface area contributed by atoms with Crippen molar-refractivity contribution in [1.29, 1.82) is 0 Å². The van der Waals surface area contributed by atoms with Crippen LogP contribution in [0.5, 0.6) is 0 Å². The summed E-state index contributed by atoms with van der Waals surface area (Å²) >= 11 is 17.6. The summed E-state index contributed by atoms with van der Waals surface area (Å²) in [6, 6.07) is 10.6. The van der Waals surface area contributed by atoms with Crippen molar-refractivity contribution in [2.24, 2.45) is 0 Å². The first-order valence-corrected chi connectivity index (χ1v) is 11.8. The number of halogens is 2. The zero-order chi connectivity index (χ0) is 24.7. The number of hydrogen-bond donors (Lipinski definition) is 4. The first kappa shape index (κ1) is 25.6. The van der Waals surface area contributed by atoms with Gasteiger partial charge >= 0.3 is 5.97 Å². The van der Waals surface area contributed by atoms with Gasteiger partial charge in [-0.05, 0) is 62.0 Å². The molecule has 0 fully saturated rings. The lowest BCUT2D eigenvalue weighted by Crippen LogP contribution is -2.34. The van der Waals surface area contributed by atoms with E-state index in [9.17, 15) is 9.59 Å². The van der Waals surface area contributed by atoms with Crippen LogP contribution in [-0.4, -0.2) is 35.1 Å². The number of thiocarbonyl (C=S) groups is 1. The number of carbonyl (C=O) groups is 2. The van der Waals surface area contributed by atoms with Crippen molar-refractivity contribution in [1.82, 2.24) is 15.6 Å². The average molecular weight is 519 g/mol. The number of H-pyrrole nitrogens is 1. The molecule has 4 N–H and O–H groups in total. The summed E-state index contributed by atoms with van der Waals surface area (Å²) in [5, 5.41) is 10.9. The molecule has 2 aromatic carbocycles. The first-order chi connectivity index (χ1) is 16.3. The van der Waals surface area contributed by atoms with Crippen LogP contribution in [0.3, 0.4) is 0 Å². The van der Waals surface area contributed by atoms with Crippen LogP contribution >= 0.6 is 35.4 Å². The Kier molecular flexibility index (Phi) is 8.92. The lowest BCUT2D eigenvalue weighted by molar-refractivity contribution is -0.111. The van der Waals surface area contributed by atoms with E-state index in [0.717, 1.165) is 12.1 Å². The second kappa shape index (κ2) is 11.9. The van der Waals surface area contributed by atoms with E-state index >= 15 is 0 Å². The van der Waals surface area contributed by atoms with Crippen molar-refractivity contribution < 1.29 is 14.3 Å². The van der Waals surface area contributed by atoms with Crippen LogP contribution in [0, 0.1) is 0 Å². The minimum absolute atomic E-state index is 0.192. The van der Waals surface area contributed by atoms with Crippen molar-refractivity contribution >= 4 is 75.1 Å². The number of esters is 1. The van der Waals surface area contributed by atoms with Crippen LogP contribution in [0.2, 0.25) is 10.0 Å². The third-order valence-electron chi connectivity index (χ3n) is 4.75. The van der Waals surface area contributed by atoms with Crippen LogP contribution in [0.4, 0.5) is 5.69 Å². The molecule has 0 aliphatic rings.